The minimum absolute atomic E-state index is 0.0905. The fourth-order valence-electron chi connectivity index (χ4n) is 3.83. The number of hydrogen-bond acceptors (Lipinski definition) is 5. The van der Waals surface area contributed by atoms with Crippen LogP contribution in [0.3, 0.4) is 0 Å². The first kappa shape index (κ1) is 22.8. The van der Waals surface area contributed by atoms with E-state index in [0.717, 1.165) is 32.4 Å². The van der Waals surface area contributed by atoms with E-state index in [-0.39, 0.29) is 23.7 Å². The number of carbonyl (C=O) groups excluding carboxylic acids is 2. The maximum atomic E-state index is 13.1. The van der Waals surface area contributed by atoms with Crippen molar-refractivity contribution in [1.82, 2.24) is 19.8 Å². The molecule has 2 aromatic rings. The number of likely N-dealkylation sites (tertiary alicyclic amines) is 1. The third kappa shape index (κ3) is 5.64. The maximum Gasteiger partial charge on any atom is 0.259 e. The van der Waals surface area contributed by atoms with Crippen molar-refractivity contribution in [2.75, 3.05) is 31.5 Å². The van der Waals surface area contributed by atoms with E-state index in [1.807, 2.05) is 18.7 Å². The zero-order valence-electron chi connectivity index (χ0n) is 18.4. The van der Waals surface area contributed by atoms with E-state index in [1.54, 1.807) is 6.92 Å². The number of hydrogen-bond donors (Lipinski definition) is 1. The highest BCUT2D eigenvalue weighted by Gasteiger charge is 2.31. The molecule has 0 saturated carbocycles. The van der Waals surface area contributed by atoms with Crippen LogP contribution >= 0.6 is 0 Å². The van der Waals surface area contributed by atoms with Crippen molar-refractivity contribution in [2.24, 2.45) is 0 Å². The van der Waals surface area contributed by atoms with Crippen LogP contribution in [0.1, 0.15) is 61.0 Å². The van der Waals surface area contributed by atoms with E-state index in [4.69, 9.17) is 0 Å². The van der Waals surface area contributed by atoms with Crippen molar-refractivity contribution in [3.63, 3.8) is 0 Å². The quantitative estimate of drug-likeness (QED) is 0.731. The van der Waals surface area contributed by atoms with Crippen LogP contribution < -0.4 is 5.32 Å². The summed E-state index contributed by atoms with van der Waals surface area (Å²) in [5.41, 5.74) is 1.39. The molecule has 1 aromatic heterocycles. The van der Waals surface area contributed by atoms with Crippen LogP contribution in [-0.2, 0) is 4.79 Å². The van der Waals surface area contributed by atoms with Crippen molar-refractivity contribution < 1.29 is 14.0 Å². The van der Waals surface area contributed by atoms with Gasteiger partial charge in [-0.15, -0.1) is 0 Å². The van der Waals surface area contributed by atoms with Crippen LogP contribution in [0.2, 0.25) is 0 Å². The van der Waals surface area contributed by atoms with Crippen molar-refractivity contribution >= 4 is 17.5 Å². The van der Waals surface area contributed by atoms with Crippen LogP contribution in [0.5, 0.6) is 0 Å². The van der Waals surface area contributed by atoms with E-state index in [2.05, 4.69) is 20.2 Å². The molecule has 0 radical (unpaired) electrons. The molecule has 1 aromatic carbocycles. The first-order chi connectivity index (χ1) is 14.9. The average molecular weight is 428 g/mol. The summed E-state index contributed by atoms with van der Waals surface area (Å²) >= 11 is 0. The standard InChI is InChI=1S/C23H30FN5O2/c1-4-28(5-2)15-21(30)29-13-7-6-8-20(29)22-25-14-19(16(3)26-22)23(31)27-18-11-9-17(24)10-12-18/h9-12,14,20H,4-8,13,15H2,1-3H3,(H,27,31)/t20-/m0/s1. The molecule has 2 heterocycles. The lowest BCUT2D eigenvalue weighted by atomic mass is 10.0. The molecule has 166 valence electrons. The summed E-state index contributed by atoms with van der Waals surface area (Å²) in [6, 6.07) is 5.40. The molecule has 2 amide bonds. The van der Waals surface area contributed by atoms with E-state index >= 15 is 0 Å². The molecule has 31 heavy (non-hydrogen) atoms. The highest BCUT2D eigenvalue weighted by molar-refractivity contribution is 6.04. The molecule has 1 fully saturated rings. The normalized spacial score (nSPS) is 16.4. The molecule has 1 N–H and O–H groups in total. The first-order valence-electron chi connectivity index (χ1n) is 10.8. The van der Waals surface area contributed by atoms with Crippen LogP contribution in [0.25, 0.3) is 0 Å². The fraction of sp³-hybridized carbons (Fsp3) is 0.478. The summed E-state index contributed by atoms with van der Waals surface area (Å²) in [5, 5.41) is 2.73. The fourth-order valence-corrected chi connectivity index (χ4v) is 3.83. The van der Waals surface area contributed by atoms with E-state index in [1.165, 1.54) is 30.5 Å². The van der Waals surface area contributed by atoms with Crippen LogP contribution in [0.15, 0.2) is 30.5 Å². The van der Waals surface area contributed by atoms with Gasteiger partial charge in [-0.2, -0.15) is 0 Å². The number of nitrogens with zero attached hydrogens (tertiary/aromatic N) is 4. The van der Waals surface area contributed by atoms with Gasteiger partial charge in [-0.1, -0.05) is 13.8 Å². The second kappa shape index (κ2) is 10.4. The molecule has 1 aliphatic heterocycles. The van der Waals surface area contributed by atoms with E-state index in [9.17, 15) is 14.0 Å². The summed E-state index contributed by atoms with van der Waals surface area (Å²) in [4.78, 5) is 38.6. The smallest absolute Gasteiger partial charge is 0.259 e. The lowest BCUT2D eigenvalue weighted by molar-refractivity contribution is -0.136. The Kier molecular flexibility index (Phi) is 7.68. The van der Waals surface area contributed by atoms with Gasteiger partial charge >= 0.3 is 0 Å². The third-order valence-electron chi connectivity index (χ3n) is 5.72. The van der Waals surface area contributed by atoms with Crippen LogP contribution in [0.4, 0.5) is 10.1 Å². The summed E-state index contributed by atoms with van der Waals surface area (Å²) in [6.07, 6.45) is 4.30. The Morgan fingerprint density at radius 2 is 1.90 bits per heavy atom. The largest absolute Gasteiger partial charge is 0.331 e. The van der Waals surface area contributed by atoms with Crippen molar-refractivity contribution in [1.29, 1.82) is 0 Å². The summed E-state index contributed by atoms with van der Waals surface area (Å²) in [6.45, 7) is 8.60. The van der Waals surface area contributed by atoms with Crippen LogP contribution in [-0.4, -0.2) is 57.8 Å². The van der Waals surface area contributed by atoms with Gasteiger partial charge in [-0.3, -0.25) is 14.5 Å². The molecular weight excluding hydrogens is 397 g/mol. The van der Waals surface area contributed by atoms with Gasteiger partial charge in [0.25, 0.3) is 5.91 Å². The van der Waals surface area contributed by atoms with Gasteiger partial charge in [-0.05, 0) is 63.5 Å². The second-order valence-electron chi connectivity index (χ2n) is 7.75. The summed E-state index contributed by atoms with van der Waals surface area (Å²) < 4.78 is 13.1. The zero-order valence-corrected chi connectivity index (χ0v) is 18.4. The van der Waals surface area contributed by atoms with Gasteiger partial charge in [0.15, 0.2) is 5.82 Å². The molecule has 3 rings (SSSR count). The molecule has 1 aliphatic rings. The average Bonchev–Trinajstić information content (AvgIpc) is 2.78. The highest BCUT2D eigenvalue weighted by atomic mass is 19.1. The number of halogens is 1. The monoisotopic (exact) mass is 427 g/mol. The van der Waals surface area contributed by atoms with Gasteiger partial charge in [0.2, 0.25) is 5.91 Å². The van der Waals surface area contributed by atoms with Crippen molar-refractivity contribution in [2.45, 2.75) is 46.1 Å². The summed E-state index contributed by atoms with van der Waals surface area (Å²) in [5.74, 6) is -0.0561. The maximum absolute atomic E-state index is 13.1. The molecule has 7 nitrogen and oxygen atoms in total. The van der Waals surface area contributed by atoms with E-state index < -0.39 is 0 Å². The number of piperidine rings is 1. The predicted octanol–water partition coefficient (Wildman–Crippen LogP) is 3.57. The molecule has 1 atom stereocenters. The molecular formula is C23H30FN5O2. The Hall–Kier alpha value is -2.87. The number of aryl methyl sites for hydroxylation is 1. The summed E-state index contributed by atoms with van der Waals surface area (Å²) in [7, 11) is 0. The van der Waals surface area contributed by atoms with Crippen LogP contribution in [0, 0.1) is 12.7 Å². The number of nitrogens with one attached hydrogen (secondary N) is 1. The number of aromatic nitrogens is 2. The SMILES string of the molecule is CCN(CC)CC(=O)N1CCCC[C@H]1c1ncc(C(=O)Nc2ccc(F)cc2)c(C)n1. The van der Waals surface area contributed by atoms with Gasteiger partial charge in [0.05, 0.1) is 23.8 Å². The van der Waals surface area contributed by atoms with Gasteiger partial charge < -0.3 is 10.2 Å². The molecule has 0 unspecified atom stereocenters. The van der Waals surface area contributed by atoms with Gasteiger partial charge in [0.1, 0.15) is 5.82 Å². The number of rotatable bonds is 7. The lowest BCUT2D eigenvalue weighted by Gasteiger charge is -2.36. The Labute approximate surface area is 182 Å². The second-order valence-corrected chi connectivity index (χ2v) is 7.75. The van der Waals surface area contributed by atoms with Gasteiger partial charge in [0, 0.05) is 18.4 Å². The zero-order chi connectivity index (χ0) is 22.4. The number of benzene rings is 1. The Bertz CT molecular complexity index is 915. The van der Waals surface area contributed by atoms with Crippen molar-refractivity contribution in [3.8, 4) is 0 Å². The van der Waals surface area contributed by atoms with Crippen molar-refractivity contribution in [3.05, 3.63) is 53.4 Å². The minimum atomic E-state index is -0.366. The molecule has 8 heteroatoms. The topological polar surface area (TPSA) is 78.4 Å². The Balaban J connectivity index is 1.75. The molecule has 0 spiro atoms. The Morgan fingerprint density at radius 3 is 2.55 bits per heavy atom. The predicted molar refractivity (Wildman–Crippen MR) is 117 cm³/mol. The first-order valence-corrected chi connectivity index (χ1v) is 10.8. The lowest BCUT2D eigenvalue weighted by Crippen LogP contribution is -2.44. The van der Waals surface area contributed by atoms with Gasteiger partial charge in [-0.25, -0.2) is 14.4 Å². The molecule has 0 bridgehead atoms. The number of carbonyl (C=O) groups is 2. The number of amides is 2. The molecule has 1 saturated heterocycles. The number of likely N-dealkylation sites (N-methyl/N-ethyl adjacent to an activating group) is 1. The molecule has 0 aliphatic carbocycles. The number of anilines is 1. The van der Waals surface area contributed by atoms with E-state index in [0.29, 0.717) is 35.9 Å². The highest BCUT2D eigenvalue weighted by Crippen LogP contribution is 2.29. The Morgan fingerprint density at radius 1 is 1.19 bits per heavy atom. The minimum Gasteiger partial charge on any atom is -0.331 e. The third-order valence-corrected chi connectivity index (χ3v) is 5.72.